The van der Waals surface area contributed by atoms with Crippen LogP contribution in [-0.4, -0.2) is 5.84 Å². The van der Waals surface area contributed by atoms with Crippen LogP contribution in [0.2, 0.25) is 0 Å². The number of hydrogen-bond acceptors (Lipinski definition) is 1. The molecule has 1 atom stereocenters. The Morgan fingerprint density at radius 1 is 0.909 bits per heavy atom. The van der Waals surface area contributed by atoms with Gasteiger partial charge in [0, 0.05) is 12.5 Å². The van der Waals surface area contributed by atoms with Gasteiger partial charge in [-0.1, -0.05) is 75.4 Å². The van der Waals surface area contributed by atoms with Crippen LogP contribution < -0.4 is 5.32 Å². The lowest BCUT2D eigenvalue weighted by molar-refractivity contribution is 0.647. The van der Waals surface area contributed by atoms with Crippen LogP contribution in [-0.2, 0) is 13.0 Å². The van der Waals surface area contributed by atoms with Gasteiger partial charge >= 0.3 is 0 Å². The van der Waals surface area contributed by atoms with E-state index in [4.69, 9.17) is 5.41 Å². The predicted molar refractivity (Wildman–Crippen MR) is 94.4 cm³/mol. The zero-order chi connectivity index (χ0) is 15.9. The summed E-state index contributed by atoms with van der Waals surface area (Å²) < 4.78 is 0. The first-order valence-electron chi connectivity index (χ1n) is 8.01. The van der Waals surface area contributed by atoms with E-state index in [0.29, 0.717) is 18.3 Å². The summed E-state index contributed by atoms with van der Waals surface area (Å²) in [5, 5.41) is 11.5. The lowest BCUT2D eigenvalue weighted by Gasteiger charge is -2.16. The van der Waals surface area contributed by atoms with Crippen molar-refractivity contribution in [3.63, 3.8) is 0 Å². The minimum atomic E-state index is 0.0943. The van der Waals surface area contributed by atoms with Gasteiger partial charge in [-0.25, -0.2) is 0 Å². The van der Waals surface area contributed by atoms with Crippen molar-refractivity contribution in [3.05, 3.63) is 71.3 Å². The predicted octanol–water partition coefficient (Wildman–Crippen LogP) is 4.76. The van der Waals surface area contributed by atoms with E-state index in [1.807, 2.05) is 18.2 Å². The van der Waals surface area contributed by atoms with E-state index < -0.39 is 0 Å². The molecular weight excluding hydrogens is 268 g/mol. The third kappa shape index (κ3) is 4.73. The van der Waals surface area contributed by atoms with Gasteiger partial charge in [0.05, 0.1) is 0 Å². The average molecular weight is 294 g/mol. The van der Waals surface area contributed by atoms with Crippen molar-refractivity contribution in [2.75, 3.05) is 0 Å². The summed E-state index contributed by atoms with van der Waals surface area (Å²) in [4.78, 5) is 0. The molecule has 0 radical (unpaired) electrons. The molecule has 0 heterocycles. The number of rotatable bonds is 6. The Morgan fingerprint density at radius 3 is 2.14 bits per heavy atom. The van der Waals surface area contributed by atoms with Crippen LogP contribution in [0.15, 0.2) is 54.6 Å². The minimum absolute atomic E-state index is 0.0943. The van der Waals surface area contributed by atoms with Gasteiger partial charge in [0.25, 0.3) is 0 Å². The molecule has 2 aromatic carbocycles. The molecule has 2 rings (SSSR count). The van der Waals surface area contributed by atoms with Crippen LogP contribution >= 0.6 is 0 Å². The Kier molecular flexibility index (Phi) is 5.76. The summed E-state index contributed by atoms with van der Waals surface area (Å²) in [7, 11) is 0. The third-order valence-electron chi connectivity index (χ3n) is 3.88. The highest BCUT2D eigenvalue weighted by atomic mass is 14.9. The smallest absolute Gasteiger partial charge is 0.101 e. The van der Waals surface area contributed by atoms with Gasteiger partial charge in [-0.05, 0) is 29.0 Å². The van der Waals surface area contributed by atoms with Crippen molar-refractivity contribution in [3.8, 4) is 0 Å². The molecule has 0 aromatic heterocycles. The second-order valence-electron chi connectivity index (χ2n) is 6.31. The standard InChI is InChI=1S/C20H26N2/c1-15(2)13-17-9-11-19(12-10-17)16(3)20(21)22-14-18-7-5-4-6-8-18/h4-12,15-16H,13-14H2,1-3H3,(H2,21,22)/t16-/m1/s1. The van der Waals surface area contributed by atoms with Crippen molar-refractivity contribution < 1.29 is 0 Å². The highest BCUT2D eigenvalue weighted by Crippen LogP contribution is 2.18. The third-order valence-corrected chi connectivity index (χ3v) is 3.88. The van der Waals surface area contributed by atoms with E-state index in [9.17, 15) is 0 Å². The van der Waals surface area contributed by atoms with Crippen molar-refractivity contribution in [1.29, 1.82) is 5.41 Å². The molecule has 0 saturated carbocycles. The molecule has 0 amide bonds. The zero-order valence-electron chi connectivity index (χ0n) is 13.8. The minimum Gasteiger partial charge on any atom is -0.369 e. The van der Waals surface area contributed by atoms with E-state index in [0.717, 1.165) is 6.42 Å². The Morgan fingerprint density at radius 2 is 1.55 bits per heavy atom. The second-order valence-corrected chi connectivity index (χ2v) is 6.31. The van der Waals surface area contributed by atoms with E-state index >= 15 is 0 Å². The maximum Gasteiger partial charge on any atom is 0.101 e. The lowest BCUT2D eigenvalue weighted by atomic mass is 9.96. The summed E-state index contributed by atoms with van der Waals surface area (Å²) in [5.74, 6) is 1.34. The average Bonchev–Trinajstić information content (AvgIpc) is 2.53. The zero-order valence-corrected chi connectivity index (χ0v) is 13.8. The number of nitrogens with one attached hydrogen (secondary N) is 2. The highest BCUT2D eigenvalue weighted by molar-refractivity contribution is 5.85. The molecule has 2 aromatic rings. The fraction of sp³-hybridized carbons (Fsp3) is 0.350. The SMILES string of the molecule is CC(C)Cc1ccc([C@@H](C)C(=N)NCc2ccccc2)cc1. The Hall–Kier alpha value is -2.09. The van der Waals surface area contributed by atoms with E-state index in [-0.39, 0.29) is 5.92 Å². The molecule has 22 heavy (non-hydrogen) atoms. The van der Waals surface area contributed by atoms with Crippen LogP contribution in [0.25, 0.3) is 0 Å². The summed E-state index contributed by atoms with van der Waals surface area (Å²) in [5.41, 5.74) is 3.76. The topological polar surface area (TPSA) is 35.9 Å². The first kappa shape index (κ1) is 16.3. The molecule has 0 aliphatic rings. The summed E-state index contributed by atoms with van der Waals surface area (Å²) >= 11 is 0. The largest absolute Gasteiger partial charge is 0.369 e. The molecule has 0 fully saturated rings. The summed E-state index contributed by atoms with van der Waals surface area (Å²) in [6.07, 6.45) is 1.11. The molecular formula is C20H26N2. The van der Waals surface area contributed by atoms with Crippen LogP contribution in [0.5, 0.6) is 0 Å². The van der Waals surface area contributed by atoms with Gasteiger partial charge in [-0.2, -0.15) is 0 Å². The Balaban J connectivity index is 1.92. The molecule has 0 aliphatic heterocycles. The molecule has 0 saturated heterocycles. The monoisotopic (exact) mass is 294 g/mol. The Labute approximate surface area is 134 Å². The highest BCUT2D eigenvalue weighted by Gasteiger charge is 2.11. The van der Waals surface area contributed by atoms with Crippen molar-refractivity contribution in [1.82, 2.24) is 5.32 Å². The van der Waals surface area contributed by atoms with E-state index in [1.165, 1.54) is 16.7 Å². The maximum absolute atomic E-state index is 8.24. The fourth-order valence-corrected chi connectivity index (χ4v) is 2.53. The van der Waals surface area contributed by atoms with Crippen molar-refractivity contribution in [2.45, 2.75) is 39.7 Å². The van der Waals surface area contributed by atoms with Gasteiger partial charge in [0.1, 0.15) is 5.84 Å². The van der Waals surface area contributed by atoms with Gasteiger partial charge in [-0.3, -0.25) is 5.41 Å². The molecule has 0 bridgehead atoms. The molecule has 2 heteroatoms. The molecule has 116 valence electrons. The van der Waals surface area contributed by atoms with Gasteiger partial charge in [0.15, 0.2) is 0 Å². The van der Waals surface area contributed by atoms with E-state index in [2.05, 4.69) is 62.5 Å². The second kappa shape index (κ2) is 7.79. The van der Waals surface area contributed by atoms with Crippen LogP contribution in [0.1, 0.15) is 43.4 Å². The quantitative estimate of drug-likeness (QED) is 0.585. The van der Waals surface area contributed by atoms with Gasteiger partial charge < -0.3 is 5.32 Å². The Bertz CT molecular complexity index is 585. The first-order chi connectivity index (χ1) is 10.6. The summed E-state index contributed by atoms with van der Waals surface area (Å²) in [6, 6.07) is 18.9. The van der Waals surface area contributed by atoms with Crippen LogP contribution in [0.4, 0.5) is 0 Å². The fourth-order valence-electron chi connectivity index (χ4n) is 2.53. The van der Waals surface area contributed by atoms with Crippen LogP contribution in [0.3, 0.4) is 0 Å². The van der Waals surface area contributed by atoms with E-state index in [1.54, 1.807) is 0 Å². The lowest BCUT2D eigenvalue weighted by Crippen LogP contribution is -2.26. The number of benzene rings is 2. The van der Waals surface area contributed by atoms with Crippen molar-refractivity contribution >= 4 is 5.84 Å². The van der Waals surface area contributed by atoms with Crippen molar-refractivity contribution in [2.24, 2.45) is 5.92 Å². The first-order valence-corrected chi connectivity index (χ1v) is 8.01. The maximum atomic E-state index is 8.24. The molecule has 0 aliphatic carbocycles. The van der Waals surface area contributed by atoms with Gasteiger partial charge in [0.2, 0.25) is 0 Å². The van der Waals surface area contributed by atoms with Gasteiger partial charge in [-0.15, -0.1) is 0 Å². The molecule has 0 spiro atoms. The molecule has 0 unspecified atom stereocenters. The molecule has 2 N–H and O–H groups in total. The number of amidine groups is 1. The molecule has 2 nitrogen and oxygen atoms in total. The normalized spacial score (nSPS) is 12.2. The van der Waals surface area contributed by atoms with Crippen LogP contribution in [0, 0.1) is 11.3 Å². The summed E-state index contributed by atoms with van der Waals surface area (Å²) in [6.45, 7) is 7.26. The number of hydrogen-bond donors (Lipinski definition) is 2.